The van der Waals surface area contributed by atoms with Crippen molar-refractivity contribution >= 4 is 11.9 Å². The highest BCUT2D eigenvalue weighted by Crippen LogP contribution is 2.24. The van der Waals surface area contributed by atoms with Crippen molar-refractivity contribution in [1.29, 1.82) is 0 Å². The largest absolute Gasteiger partial charge is 0.508 e. The fourth-order valence-electron chi connectivity index (χ4n) is 1.94. The zero-order valence-corrected chi connectivity index (χ0v) is 11.1. The normalized spacial score (nSPS) is 22.0. The van der Waals surface area contributed by atoms with Crippen LogP contribution in [0.5, 0.6) is 11.5 Å². The maximum Gasteiger partial charge on any atom is 0.165 e. The van der Waals surface area contributed by atoms with E-state index in [4.69, 9.17) is 0 Å². The first-order chi connectivity index (χ1) is 9.39. The van der Waals surface area contributed by atoms with Crippen molar-refractivity contribution in [1.82, 2.24) is 0 Å². The molecule has 0 fully saturated rings. The molecule has 0 heterocycles. The molecule has 1 unspecified atom stereocenters. The predicted octanol–water partition coefficient (Wildman–Crippen LogP) is 2.32. The van der Waals surface area contributed by atoms with Gasteiger partial charge in [0.15, 0.2) is 5.78 Å². The highest BCUT2D eigenvalue weighted by molar-refractivity contribution is 5.87. The van der Waals surface area contributed by atoms with E-state index in [2.05, 4.69) is 0 Å². The van der Waals surface area contributed by atoms with Crippen LogP contribution in [0.4, 0.5) is 0 Å². The SMILES string of the molecule is CC(=O)C1(O)C=CC(C=Cc2cc(O)cc(O)c2)=CC1. The number of hydrogen-bond acceptors (Lipinski definition) is 4. The van der Waals surface area contributed by atoms with Crippen molar-refractivity contribution in [2.24, 2.45) is 0 Å². The van der Waals surface area contributed by atoms with Crippen molar-refractivity contribution in [2.45, 2.75) is 18.9 Å². The van der Waals surface area contributed by atoms with Crippen LogP contribution >= 0.6 is 0 Å². The lowest BCUT2D eigenvalue weighted by Crippen LogP contribution is -2.35. The van der Waals surface area contributed by atoms with Crippen LogP contribution in [0, 0.1) is 0 Å². The van der Waals surface area contributed by atoms with E-state index in [-0.39, 0.29) is 23.7 Å². The van der Waals surface area contributed by atoms with E-state index in [1.807, 2.05) is 0 Å². The van der Waals surface area contributed by atoms with Gasteiger partial charge >= 0.3 is 0 Å². The molecule has 1 aliphatic rings. The quantitative estimate of drug-likeness (QED) is 0.789. The van der Waals surface area contributed by atoms with Gasteiger partial charge in [0.05, 0.1) is 0 Å². The van der Waals surface area contributed by atoms with Crippen LogP contribution in [0.1, 0.15) is 18.9 Å². The van der Waals surface area contributed by atoms with Crippen LogP contribution in [0.15, 0.2) is 48.1 Å². The van der Waals surface area contributed by atoms with E-state index in [1.165, 1.54) is 31.2 Å². The van der Waals surface area contributed by atoms with Gasteiger partial charge in [-0.15, -0.1) is 0 Å². The summed E-state index contributed by atoms with van der Waals surface area (Å²) in [6, 6.07) is 4.30. The number of aromatic hydroxyl groups is 2. The second kappa shape index (κ2) is 5.35. The number of Topliss-reactive ketones (excluding diaryl/α,β-unsaturated/α-hetero) is 1. The lowest BCUT2D eigenvalue weighted by atomic mass is 9.89. The van der Waals surface area contributed by atoms with Gasteiger partial charge in [0.2, 0.25) is 0 Å². The van der Waals surface area contributed by atoms with Crippen LogP contribution in [-0.2, 0) is 4.79 Å². The molecule has 2 rings (SSSR count). The van der Waals surface area contributed by atoms with Crippen LogP contribution in [0.25, 0.3) is 6.08 Å². The predicted molar refractivity (Wildman–Crippen MR) is 76.3 cm³/mol. The van der Waals surface area contributed by atoms with Gasteiger partial charge in [-0.25, -0.2) is 0 Å². The number of rotatable bonds is 3. The summed E-state index contributed by atoms with van der Waals surface area (Å²) in [5, 5.41) is 28.7. The van der Waals surface area contributed by atoms with Crippen molar-refractivity contribution in [3.63, 3.8) is 0 Å². The topological polar surface area (TPSA) is 77.8 Å². The van der Waals surface area contributed by atoms with Gasteiger partial charge < -0.3 is 15.3 Å². The molecule has 0 aliphatic heterocycles. The molecule has 4 nitrogen and oxygen atoms in total. The zero-order chi connectivity index (χ0) is 14.8. The molecular weight excluding hydrogens is 256 g/mol. The molecule has 0 spiro atoms. The Morgan fingerprint density at radius 3 is 2.35 bits per heavy atom. The Labute approximate surface area is 117 Å². The average molecular weight is 272 g/mol. The van der Waals surface area contributed by atoms with Gasteiger partial charge in [-0.1, -0.05) is 24.3 Å². The van der Waals surface area contributed by atoms with Gasteiger partial charge in [0.1, 0.15) is 17.1 Å². The maximum atomic E-state index is 11.3. The summed E-state index contributed by atoms with van der Waals surface area (Å²) in [5.74, 6) is -0.307. The Kier molecular flexibility index (Phi) is 3.77. The lowest BCUT2D eigenvalue weighted by molar-refractivity contribution is -0.130. The molecular formula is C16H16O4. The molecule has 0 radical (unpaired) electrons. The number of carbonyl (C=O) groups excluding carboxylic acids is 1. The van der Waals surface area contributed by atoms with Gasteiger partial charge in [0, 0.05) is 12.5 Å². The minimum Gasteiger partial charge on any atom is -0.508 e. The van der Waals surface area contributed by atoms with E-state index in [9.17, 15) is 20.1 Å². The highest BCUT2D eigenvalue weighted by atomic mass is 16.3. The number of phenols is 2. The number of ketones is 1. The smallest absolute Gasteiger partial charge is 0.165 e. The second-order valence-corrected chi connectivity index (χ2v) is 4.84. The lowest BCUT2D eigenvalue weighted by Gasteiger charge is -2.22. The van der Waals surface area contributed by atoms with Gasteiger partial charge in [-0.05, 0) is 36.3 Å². The van der Waals surface area contributed by atoms with Crippen molar-refractivity contribution in [3.8, 4) is 11.5 Å². The molecule has 1 aromatic rings. The van der Waals surface area contributed by atoms with Crippen LogP contribution in [0.2, 0.25) is 0 Å². The number of phenolic OH excluding ortho intramolecular Hbond substituents is 2. The summed E-state index contributed by atoms with van der Waals surface area (Å²) in [6.07, 6.45) is 8.67. The van der Waals surface area contributed by atoms with Crippen LogP contribution in [0.3, 0.4) is 0 Å². The van der Waals surface area contributed by atoms with E-state index in [0.717, 1.165) is 5.57 Å². The minimum absolute atomic E-state index is 0.0104. The third-order valence-corrected chi connectivity index (χ3v) is 3.20. The van der Waals surface area contributed by atoms with E-state index in [0.29, 0.717) is 5.56 Å². The molecule has 3 N–H and O–H groups in total. The third-order valence-electron chi connectivity index (χ3n) is 3.20. The molecule has 1 atom stereocenters. The zero-order valence-electron chi connectivity index (χ0n) is 11.1. The number of allylic oxidation sites excluding steroid dienone is 3. The molecule has 104 valence electrons. The average Bonchev–Trinajstić information content (AvgIpc) is 2.37. The number of aliphatic hydroxyl groups is 1. The summed E-state index contributed by atoms with van der Waals surface area (Å²) in [6.45, 7) is 1.36. The Hall–Kier alpha value is -2.33. The first kappa shape index (κ1) is 14.1. The monoisotopic (exact) mass is 272 g/mol. The van der Waals surface area contributed by atoms with E-state index >= 15 is 0 Å². The summed E-state index contributed by atoms with van der Waals surface area (Å²) in [5.41, 5.74) is 0.101. The molecule has 20 heavy (non-hydrogen) atoms. The summed E-state index contributed by atoms with van der Waals surface area (Å²) in [7, 11) is 0. The van der Waals surface area contributed by atoms with Crippen molar-refractivity contribution in [2.75, 3.05) is 0 Å². The Morgan fingerprint density at radius 1 is 1.20 bits per heavy atom. The second-order valence-electron chi connectivity index (χ2n) is 4.84. The fraction of sp³-hybridized carbons (Fsp3) is 0.188. The molecule has 0 bridgehead atoms. The molecule has 0 saturated carbocycles. The summed E-state index contributed by atoms with van der Waals surface area (Å²) < 4.78 is 0. The molecule has 1 aliphatic carbocycles. The van der Waals surface area contributed by atoms with Crippen molar-refractivity contribution in [3.05, 3.63) is 53.6 Å². The van der Waals surface area contributed by atoms with Crippen molar-refractivity contribution < 1.29 is 20.1 Å². The molecule has 4 heteroatoms. The molecule has 0 aromatic heterocycles. The standard InChI is InChI=1S/C16H16O4/c1-11(17)16(20)6-4-12(5-7-16)2-3-13-8-14(18)10-15(19)9-13/h2-6,8-10,18-20H,7H2,1H3. The Balaban J connectivity index is 2.12. The van der Waals surface area contributed by atoms with Gasteiger partial charge in [-0.2, -0.15) is 0 Å². The van der Waals surface area contributed by atoms with Gasteiger partial charge in [0.25, 0.3) is 0 Å². The van der Waals surface area contributed by atoms with Crippen LogP contribution in [-0.4, -0.2) is 26.7 Å². The Bertz CT molecular complexity index is 605. The van der Waals surface area contributed by atoms with Gasteiger partial charge in [-0.3, -0.25) is 4.79 Å². The molecule has 0 saturated heterocycles. The minimum atomic E-state index is -1.40. The summed E-state index contributed by atoms with van der Waals surface area (Å²) in [4.78, 5) is 11.3. The van der Waals surface area contributed by atoms with Crippen LogP contribution < -0.4 is 0 Å². The maximum absolute atomic E-state index is 11.3. The first-order valence-corrected chi connectivity index (χ1v) is 6.23. The number of hydrogen-bond donors (Lipinski definition) is 3. The third kappa shape index (κ3) is 3.16. The van der Waals surface area contributed by atoms with E-state index in [1.54, 1.807) is 24.3 Å². The van der Waals surface area contributed by atoms with E-state index < -0.39 is 5.60 Å². The summed E-state index contributed by atoms with van der Waals surface area (Å²) >= 11 is 0. The first-order valence-electron chi connectivity index (χ1n) is 6.23. The fourth-order valence-corrected chi connectivity index (χ4v) is 1.94. The Morgan fingerprint density at radius 2 is 1.85 bits per heavy atom. The molecule has 0 amide bonds. The number of benzene rings is 1. The highest BCUT2D eigenvalue weighted by Gasteiger charge is 2.29. The number of carbonyl (C=O) groups is 1. The molecule has 1 aromatic carbocycles.